The number of hydrogen-bond acceptors (Lipinski definition) is 3. The van der Waals surface area contributed by atoms with Gasteiger partial charge in [0.1, 0.15) is 0 Å². The zero-order valence-corrected chi connectivity index (χ0v) is 6.66. The molecule has 0 spiro atoms. The molecule has 0 N–H and O–H groups in total. The fraction of sp³-hybridized carbons (Fsp3) is 0. The number of carbonyl (C=O) groups excluding carboxylic acids is 2. The quantitative estimate of drug-likeness (QED) is 0.346. The van der Waals surface area contributed by atoms with Crippen LogP contribution in [0.2, 0.25) is 0 Å². The Kier molecular flexibility index (Phi) is 4.56. The van der Waals surface area contributed by atoms with E-state index in [0.29, 0.717) is 16.2 Å². The summed E-state index contributed by atoms with van der Waals surface area (Å²) in [5, 5.41) is 0. The van der Waals surface area contributed by atoms with Crippen molar-refractivity contribution < 1.29 is 13.4 Å². The maximum atomic E-state index is 10.3. The van der Waals surface area contributed by atoms with E-state index >= 15 is 0 Å². The fourth-order valence-electron chi connectivity index (χ4n) is 0.440. The molecule has 0 saturated carbocycles. The molecule has 0 aromatic rings. The van der Waals surface area contributed by atoms with Crippen LogP contribution in [0.1, 0.15) is 0 Å². The van der Waals surface area contributed by atoms with Gasteiger partial charge in [-0.1, -0.05) is 0 Å². The molecule has 0 aromatic carbocycles. The molecule has 0 aliphatic heterocycles. The summed E-state index contributed by atoms with van der Waals surface area (Å²) >= 11 is 0.611. The molecule has 0 atom stereocenters. The van der Waals surface area contributed by atoms with Crippen molar-refractivity contribution in [3.8, 4) is 0 Å². The summed E-state index contributed by atoms with van der Waals surface area (Å²) in [7, 11) is 0. The summed E-state index contributed by atoms with van der Waals surface area (Å²) in [5.41, 5.74) is 0. The van der Waals surface area contributed by atoms with Gasteiger partial charge in [-0.05, 0) is 24.3 Å². The molecule has 1 aliphatic rings. The molecule has 0 amide bonds. The van der Waals surface area contributed by atoms with Crippen molar-refractivity contribution in [3.63, 3.8) is 0 Å². The topological polar surface area (TPSA) is 51.2 Å². The van der Waals surface area contributed by atoms with Gasteiger partial charge in [0.15, 0.2) is 11.6 Å². The Labute approximate surface area is 66.0 Å². The van der Waals surface area contributed by atoms with Crippen LogP contribution in [0.25, 0.3) is 0 Å². The Hall–Kier alpha value is -0.848. The number of carbonyl (C=O) groups is 2. The van der Waals surface area contributed by atoms with Gasteiger partial charge in [-0.15, -0.1) is 0 Å². The average Bonchev–Trinajstić information content (AvgIpc) is 2.00. The van der Waals surface area contributed by atoms with E-state index in [2.05, 4.69) is 0 Å². The van der Waals surface area contributed by atoms with Gasteiger partial charge >= 0.3 is 20.0 Å². The van der Waals surface area contributed by atoms with E-state index in [-0.39, 0.29) is 11.6 Å². The SMILES string of the molecule is O=C1C=CC(=O)C=C1.[O]=[AlH]. The van der Waals surface area contributed by atoms with Crippen molar-refractivity contribution in [1.82, 2.24) is 0 Å². The third-order valence-corrected chi connectivity index (χ3v) is 0.824. The van der Waals surface area contributed by atoms with Crippen molar-refractivity contribution in [3.05, 3.63) is 24.3 Å². The first kappa shape index (κ1) is 9.15. The van der Waals surface area contributed by atoms with Crippen LogP contribution < -0.4 is 0 Å². The molecular formula is C6H5AlO3. The Morgan fingerprint density at radius 1 is 0.800 bits per heavy atom. The number of rotatable bonds is 0. The van der Waals surface area contributed by atoms with Crippen LogP contribution >= 0.6 is 0 Å². The molecule has 1 rings (SSSR count). The van der Waals surface area contributed by atoms with Gasteiger partial charge in [-0.2, -0.15) is 0 Å². The van der Waals surface area contributed by atoms with Gasteiger partial charge in [0.2, 0.25) is 0 Å². The fourth-order valence-corrected chi connectivity index (χ4v) is 0.440. The summed E-state index contributed by atoms with van der Waals surface area (Å²) < 4.78 is 8.28. The zero-order chi connectivity index (χ0) is 7.98. The molecule has 50 valence electrons. The summed E-state index contributed by atoms with van der Waals surface area (Å²) in [6, 6.07) is 0. The van der Waals surface area contributed by atoms with Crippen LogP contribution in [-0.4, -0.2) is 27.8 Å². The molecule has 3 nitrogen and oxygen atoms in total. The van der Waals surface area contributed by atoms with E-state index in [0.717, 1.165) is 0 Å². The summed E-state index contributed by atoms with van der Waals surface area (Å²) in [6.07, 6.45) is 5.01. The van der Waals surface area contributed by atoms with Crippen LogP contribution in [0.3, 0.4) is 0 Å². The van der Waals surface area contributed by atoms with Gasteiger partial charge in [0.05, 0.1) is 0 Å². The van der Waals surface area contributed by atoms with E-state index in [1.807, 2.05) is 0 Å². The molecule has 0 heterocycles. The summed E-state index contributed by atoms with van der Waals surface area (Å²) in [4.78, 5) is 20.6. The molecule has 4 heteroatoms. The predicted molar refractivity (Wildman–Crippen MR) is 36.1 cm³/mol. The molecule has 0 fully saturated rings. The molecule has 0 radical (unpaired) electrons. The predicted octanol–water partition coefficient (Wildman–Crippen LogP) is -0.517. The Bertz CT molecular complexity index is 167. The maximum absolute atomic E-state index is 10.3. The monoisotopic (exact) mass is 152 g/mol. The Balaban J connectivity index is 0.000000371. The molecule has 0 unspecified atom stereocenters. The van der Waals surface area contributed by atoms with Crippen LogP contribution in [-0.2, 0) is 13.4 Å². The first-order valence-electron chi connectivity index (χ1n) is 2.52. The Morgan fingerprint density at radius 3 is 1.20 bits per heavy atom. The molecule has 0 saturated heterocycles. The number of ketones is 2. The molecule has 1 aliphatic carbocycles. The normalized spacial score (nSPS) is 14.3. The third-order valence-electron chi connectivity index (χ3n) is 0.824. The van der Waals surface area contributed by atoms with E-state index in [9.17, 15) is 9.59 Å². The molecule has 10 heavy (non-hydrogen) atoms. The van der Waals surface area contributed by atoms with Gasteiger partial charge in [-0.25, -0.2) is 0 Å². The van der Waals surface area contributed by atoms with Crippen molar-refractivity contribution in [2.24, 2.45) is 0 Å². The number of hydrogen-bond donors (Lipinski definition) is 0. The van der Waals surface area contributed by atoms with Crippen molar-refractivity contribution in [1.29, 1.82) is 0 Å². The van der Waals surface area contributed by atoms with Crippen molar-refractivity contribution in [2.45, 2.75) is 0 Å². The van der Waals surface area contributed by atoms with E-state index in [1.165, 1.54) is 24.3 Å². The zero-order valence-electron chi connectivity index (χ0n) is 5.24. The second kappa shape index (κ2) is 4.98. The minimum atomic E-state index is -0.121. The second-order valence-electron chi connectivity index (χ2n) is 1.47. The van der Waals surface area contributed by atoms with Crippen molar-refractivity contribution in [2.75, 3.05) is 0 Å². The average molecular weight is 152 g/mol. The van der Waals surface area contributed by atoms with Crippen LogP contribution in [0.4, 0.5) is 0 Å². The van der Waals surface area contributed by atoms with Gasteiger partial charge in [0.25, 0.3) is 0 Å². The first-order valence-corrected chi connectivity index (χ1v) is 3.10. The van der Waals surface area contributed by atoms with Crippen molar-refractivity contribution >= 4 is 27.8 Å². The van der Waals surface area contributed by atoms with Crippen LogP contribution in [0.5, 0.6) is 0 Å². The third kappa shape index (κ3) is 3.23. The van der Waals surface area contributed by atoms with Crippen LogP contribution in [0.15, 0.2) is 24.3 Å². The molecule has 0 aromatic heterocycles. The van der Waals surface area contributed by atoms with E-state index in [1.54, 1.807) is 0 Å². The standard InChI is InChI=1S/C6H4O2.Al.O.H/c7-5-1-2-6(8)4-3-5;;;/h1-4H;;;. The van der Waals surface area contributed by atoms with E-state index in [4.69, 9.17) is 3.80 Å². The second-order valence-corrected chi connectivity index (χ2v) is 1.47. The first-order chi connectivity index (χ1) is 4.79. The molecule has 0 bridgehead atoms. The Morgan fingerprint density at radius 2 is 1.00 bits per heavy atom. The minimum absolute atomic E-state index is 0.121. The molecular weight excluding hydrogens is 147 g/mol. The van der Waals surface area contributed by atoms with E-state index < -0.39 is 0 Å². The van der Waals surface area contributed by atoms with Gasteiger partial charge in [0, 0.05) is 0 Å². The summed E-state index contributed by atoms with van der Waals surface area (Å²) in [6.45, 7) is 0. The van der Waals surface area contributed by atoms with Gasteiger partial charge in [-0.3, -0.25) is 9.59 Å². The summed E-state index contributed by atoms with van der Waals surface area (Å²) in [5.74, 6) is -0.241. The number of allylic oxidation sites excluding steroid dienone is 4. The van der Waals surface area contributed by atoms with Gasteiger partial charge < -0.3 is 0 Å². The van der Waals surface area contributed by atoms with Crippen LogP contribution in [0, 0.1) is 0 Å².